The zero-order valence-corrected chi connectivity index (χ0v) is 18.1. The molecule has 0 spiro atoms. The molecule has 0 fully saturated rings. The van der Waals surface area contributed by atoms with Gasteiger partial charge < -0.3 is 15.4 Å². The molecule has 0 unspecified atom stereocenters. The Kier molecular flexibility index (Phi) is 5.93. The molecule has 29 heavy (non-hydrogen) atoms. The fraction of sp³-hybridized carbons (Fsp3) is 0.158. The molecule has 0 aliphatic heterocycles. The number of rotatable bonds is 7. The monoisotopic (exact) mass is 443 g/mol. The second kappa shape index (κ2) is 8.76. The fourth-order valence-corrected chi connectivity index (χ4v) is 5.09. The van der Waals surface area contributed by atoms with Crippen molar-refractivity contribution in [3.8, 4) is 5.75 Å². The summed E-state index contributed by atoms with van der Waals surface area (Å²) in [4.78, 5) is 16.7. The molecule has 1 amide bonds. The Balaban J connectivity index is 1.33. The topological polar surface area (TPSA) is 89.0 Å². The minimum absolute atomic E-state index is 0.125. The number of fused-ring (bicyclic) bond motifs is 1. The first kappa shape index (κ1) is 19.6. The van der Waals surface area contributed by atoms with Crippen molar-refractivity contribution < 1.29 is 9.53 Å². The van der Waals surface area contributed by atoms with Gasteiger partial charge in [-0.3, -0.25) is 4.79 Å². The van der Waals surface area contributed by atoms with Crippen LogP contribution >= 0.6 is 34.4 Å². The summed E-state index contributed by atoms with van der Waals surface area (Å²) in [6.45, 7) is 2.03. The molecular formula is C19H17N5O2S3. The van der Waals surface area contributed by atoms with Gasteiger partial charge in [0, 0.05) is 0 Å². The predicted molar refractivity (Wildman–Crippen MR) is 120 cm³/mol. The first-order valence-corrected chi connectivity index (χ1v) is 11.3. The van der Waals surface area contributed by atoms with Crippen molar-refractivity contribution >= 4 is 66.5 Å². The second-order valence-electron chi connectivity index (χ2n) is 6.03. The summed E-state index contributed by atoms with van der Waals surface area (Å²) in [7, 11) is 1.62. The van der Waals surface area contributed by atoms with E-state index in [4.69, 9.17) is 4.74 Å². The van der Waals surface area contributed by atoms with Crippen molar-refractivity contribution in [3.63, 3.8) is 0 Å². The quantitative estimate of drug-likeness (QED) is 0.391. The minimum Gasteiger partial charge on any atom is -0.495 e. The molecule has 0 saturated heterocycles. The van der Waals surface area contributed by atoms with E-state index in [1.54, 1.807) is 7.11 Å². The van der Waals surface area contributed by atoms with Crippen LogP contribution in [0, 0.1) is 6.92 Å². The zero-order chi connectivity index (χ0) is 20.2. The number of ether oxygens (including phenoxy) is 1. The summed E-state index contributed by atoms with van der Waals surface area (Å²) < 4.78 is 7.08. The van der Waals surface area contributed by atoms with E-state index >= 15 is 0 Å². The first-order chi connectivity index (χ1) is 14.1. The second-order valence-corrected chi connectivity index (χ2v) is 9.26. The van der Waals surface area contributed by atoms with E-state index in [0.29, 0.717) is 14.6 Å². The molecule has 0 atom stereocenters. The number of hydrogen-bond donors (Lipinski definition) is 2. The number of amides is 1. The number of nitrogens with one attached hydrogen (secondary N) is 2. The van der Waals surface area contributed by atoms with E-state index in [1.807, 2.05) is 43.3 Å². The van der Waals surface area contributed by atoms with E-state index < -0.39 is 0 Å². The molecule has 2 heterocycles. The molecule has 0 aliphatic rings. The third-order valence-corrected chi connectivity index (χ3v) is 6.78. The van der Waals surface area contributed by atoms with Gasteiger partial charge in [0.1, 0.15) is 5.75 Å². The predicted octanol–water partition coefficient (Wildman–Crippen LogP) is 4.94. The van der Waals surface area contributed by atoms with Gasteiger partial charge in [0.15, 0.2) is 9.47 Å². The number of methoxy groups -OCH3 is 1. The maximum Gasteiger partial charge on any atom is 0.236 e. The van der Waals surface area contributed by atoms with E-state index in [1.165, 1.54) is 40.0 Å². The van der Waals surface area contributed by atoms with Crippen molar-refractivity contribution in [2.24, 2.45) is 0 Å². The molecule has 7 nitrogen and oxygen atoms in total. The Morgan fingerprint density at radius 1 is 1.14 bits per heavy atom. The average molecular weight is 444 g/mol. The number of nitrogens with zero attached hydrogens (tertiary/aromatic N) is 3. The number of aryl methyl sites for hydroxylation is 1. The highest BCUT2D eigenvalue weighted by Gasteiger charge is 2.12. The standard InChI is InChI=1S/C19H17N5O2S3/c1-11-7-8-13-15(9-11)28-17(21-13)22-16(25)10-27-19-24-23-18(29-19)20-12-5-3-4-6-14(12)26-2/h3-9H,10H2,1-2H3,(H,20,23)(H,21,22,25). The highest BCUT2D eigenvalue weighted by atomic mass is 32.2. The molecule has 4 aromatic rings. The van der Waals surface area contributed by atoms with Crippen molar-refractivity contribution in [1.82, 2.24) is 15.2 Å². The Morgan fingerprint density at radius 3 is 2.86 bits per heavy atom. The molecule has 2 aromatic carbocycles. The van der Waals surface area contributed by atoms with E-state index in [2.05, 4.69) is 31.9 Å². The Labute approximate surface area is 179 Å². The number of para-hydroxylation sites is 2. The Bertz CT molecular complexity index is 1160. The van der Waals surface area contributed by atoms with Gasteiger partial charge in [-0.05, 0) is 36.8 Å². The number of thioether (sulfide) groups is 1. The summed E-state index contributed by atoms with van der Waals surface area (Å²) in [6.07, 6.45) is 0. The minimum atomic E-state index is -0.125. The van der Waals surface area contributed by atoms with Gasteiger partial charge in [-0.1, -0.05) is 52.6 Å². The van der Waals surface area contributed by atoms with Crippen LogP contribution in [0.1, 0.15) is 5.56 Å². The largest absolute Gasteiger partial charge is 0.495 e. The van der Waals surface area contributed by atoms with Crippen LogP contribution in [-0.4, -0.2) is 34.0 Å². The molecule has 10 heteroatoms. The number of carbonyl (C=O) groups excluding carboxylic acids is 1. The highest BCUT2D eigenvalue weighted by Crippen LogP contribution is 2.32. The number of hydrogen-bond acceptors (Lipinski definition) is 9. The lowest BCUT2D eigenvalue weighted by Crippen LogP contribution is -2.13. The van der Waals surface area contributed by atoms with Gasteiger partial charge in [0.25, 0.3) is 0 Å². The van der Waals surface area contributed by atoms with E-state index in [-0.39, 0.29) is 11.7 Å². The summed E-state index contributed by atoms with van der Waals surface area (Å²) in [5.74, 6) is 0.834. The molecule has 0 saturated carbocycles. The summed E-state index contributed by atoms with van der Waals surface area (Å²) in [5, 5.41) is 15.5. The number of anilines is 3. The number of thiazole rings is 1. The summed E-state index contributed by atoms with van der Waals surface area (Å²) in [6, 6.07) is 13.6. The van der Waals surface area contributed by atoms with Crippen molar-refractivity contribution in [2.75, 3.05) is 23.5 Å². The van der Waals surface area contributed by atoms with Crippen molar-refractivity contribution in [3.05, 3.63) is 48.0 Å². The zero-order valence-electron chi connectivity index (χ0n) is 15.6. The van der Waals surface area contributed by atoms with Crippen LogP contribution < -0.4 is 15.4 Å². The van der Waals surface area contributed by atoms with Gasteiger partial charge in [-0.25, -0.2) is 4.98 Å². The maximum absolute atomic E-state index is 12.3. The lowest BCUT2D eigenvalue weighted by molar-refractivity contribution is -0.113. The van der Waals surface area contributed by atoms with Crippen LogP contribution in [0.4, 0.5) is 16.0 Å². The molecule has 0 aliphatic carbocycles. The van der Waals surface area contributed by atoms with Crippen LogP contribution in [0.3, 0.4) is 0 Å². The maximum atomic E-state index is 12.3. The molecule has 0 radical (unpaired) electrons. The van der Waals surface area contributed by atoms with Crippen LogP contribution in [-0.2, 0) is 4.79 Å². The number of benzene rings is 2. The smallest absolute Gasteiger partial charge is 0.236 e. The Morgan fingerprint density at radius 2 is 2.00 bits per heavy atom. The highest BCUT2D eigenvalue weighted by molar-refractivity contribution is 8.01. The SMILES string of the molecule is COc1ccccc1Nc1nnc(SCC(=O)Nc2nc3ccc(C)cc3s2)s1. The molecule has 2 N–H and O–H groups in total. The van der Waals surface area contributed by atoms with Crippen molar-refractivity contribution in [2.45, 2.75) is 11.3 Å². The lowest BCUT2D eigenvalue weighted by atomic mass is 10.2. The summed E-state index contributed by atoms with van der Waals surface area (Å²) >= 11 is 4.19. The van der Waals surface area contributed by atoms with Crippen LogP contribution in [0.5, 0.6) is 5.75 Å². The van der Waals surface area contributed by atoms with Gasteiger partial charge in [0.2, 0.25) is 11.0 Å². The van der Waals surface area contributed by atoms with Gasteiger partial charge >= 0.3 is 0 Å². The van der Waals surface area contributed by atoms with Gasteiger partial charge in [0.05, 0.1) is 28.8 Å². The molecule has 0 bridgehead atoms. The molecule has 2 aromatic heterocycles. The molecular weight excluding hydrogens is 426 g/mol. The van der Waals surface area contributed by atoms with E-state index in [0.717, 1.165) is 21.7 Å². The van der Waals surface area contributed by atoms with Gasteiger partial charge in [-0.15, -0.1) is 10.2 Å². The number of carbonyl (C=O) groups is 1. The van der Waals surface area contributed by atoms with Gasteiger partial charge in [-0.2, -0.15) is 0 Å². The molecule has 148 valence electrons. The number of aromatic nitrogens is 3. The average Bonchev–Trinajstić information content (AvgIpc) is 3.32. The third kappa shape index (κ3) is 4.84. The van der Waals surface area contributed by atoms with Crippen LogP contribution in [0.2, 0.25) is 0 Å². The lowest BCUT2D eigenvalue weighted by Gasteiger charge is -2.07. The van der Waals surface area contributed by atoms with Crippen LogP contribution in [0.25, 0.3) is 10.2 Å². The summed E-state index contributed by atoms with van der Waals surface area (Å²) in [5.41, 5.74) is 2.87. The molecule has 4 rings (SSSR count). The third-order valence-electron chi connectivity index (χ3n) is 3.87. The first-order valence-electron chi connectivity index (χ1n) is 8.64. The Hall–Kier alpha value is -2.69. The normalized spacial score (nSPS) is 10.8. The van der Waals surface area contributed by atoms with E-state index in [9.17, 15) is 4.79 Å². The van der Waals surface area contributed by atoms with Crippen molar-refractivity contribution in [1.29, 1.82) is 0 Å². The fourth-order valence-electron chi connectivity index (χ4n) is 2.55. The van der Waals surface area contributed by atoms with Crippen LogP contribution in [0.15, 0.2) is 46.8 Å².